The second kappa shape index (κ2) is 8.74. The molecule has 29 heavy (non-hydrogen) atoms. The van der Waals surface area contributed by atoms with Crippen LogP contribution in [0, 0.1) is 0 Å². The van der Waals surface area contributed by atoms with Crippen molar-refractivity contribution in [2.75, 3.05) is 25.5 Å². The van der Waals surface area contributed by atoms with Crippen LogP contribution < -0.4 is 15.4 Å². The number of hydrogen-bond donors (Lipinski definition) is 2. The molecule has 7 heteroatoms. The lowest BCUT2D eigenvalue weighted by molar-refractivity contribution is 0.0528. The molecule has 1 heterocycles. The van der Waals surface area contributed by atoms with Gasteiger partial charge in [0.05, 0.1) is 23.8 Å². The van der Waals surface area contributed by atoms with Crippen LogP contribution in [0.25, 0.3) is 21.8 Å². The van der Waals surface area contributed by atoms with E-state index < -0.39 is 11.7 Å². The van der Waals surface area contributed by atoms with Gasteiger partial charge in [-0.1, -0.05) is 11.6 Å². The molecule has 1 amide bonds. The Balaban J connectivity index is 1.77. The average molecular weight is 416 g/mol. The lowest BCUT2D eigenvalue weighted by Gasteiger charge is -2.19. The summed E-state index contributed by atoms with van der Waals surface area (Å²) in [5.41, 5.74) is 2.15. The van der Waals surface area contributed by atoms with Crippen molar-refractivity contribution in [2.24, 2.45) is 0 Å². The summed E-state index contributed by atoms with van der Waals surface area (Å²) in [7, 11) is 1.64. The van der Waals surface area contributed by atoms with Gasteiger partial charge in [0.15, 0.2) is 0 Å². The third-order valence-electron chi connectivity index (χ3n) is 4.27. The highest BCUT2D eigenvalue weighted by atomic mass is 35.5. The van der Waals surface area contributed by atoms with Gasteiger partial charge in [-0.15, -0.1) is 0 Å². The predicted molar refractivity (Wildman–Crippen MR) is 118 cm³/mol. The van der Waals surface area contributed by atoms with Crippen LogP contribution >= 0.6 is 11.6 Å². The van der Waals surface area contributed by atoms with Gasteiger partial charge in [-0.2, -0.15) is 0 Å². The monoisotopic (exact) mass is 415 g/mol. The molecule has 0 aliphatic heterocycles. The fourth-order valence-corrected chi connectivity index (χ4v) is 3.19. The Kier molecular flexibility index (Phi) is 6.33. The number of aromatic nitrogens is 1. The predicted octanol–water partition coefficient (Wildman–Crippen LogP) is 5.38. The summed E-state index contributed by atoms with van der Waals surface area (Å²) in [5.74, 6) is 0.766. The van der Waals surface area contributed by atoms with Gasteiger partial charge in [0.2, 0.25) is 0 Å². The third-order valence-corrected chi connectivity index (χ3v) is 4.50. The highest BCUT2D eigenvalue weighted by Crippen LogP contribution is 2.34. The number of anilines is 1. The number of nitrogens with one attached hydrogen (secondary N) is 2. The van der Waals surface area contributed by atoms with Crippen molar-refractivity contribution >= 4 is 45.2 Å². The minimum Gasteiger partial charge on any atom is -0.497 e. The Bertz CT molecular complexity index is 1030. The third kappa shape index (κ3) is 5.41. The van der Waals surface area contributed by atoms with Gasteiger partial charge in [0, 0.05) is 28.9 Å². The first-order valence-electron chi connectivity index (χ1n) is 9.54. The Labute approximate surface area is 175 Å². The van der Waals surface area contributed by atoms with Crippen molar-refractivity contribution in [3.05, 3.63) is 41.4 Å². The SMILES string of the molecule is COc1ccc2nc3cc(Cl)ccc3c(NCCCNC(=O)OC(C)(C)C)c2c1. The number of hydrogen-bond acceptors (Lipinski definition) is 5. The number of carbonyl (C=O) groups excluding carboxylic acids is 1. The van der Waals surface area contributed by atoms with E-state index in [4.69, 9.17) is 26.1 Å². The molecule has 1 aromatic heterocycles. The van der Waals surface area contributed by atoms with Gasteiger partial charge in [-0.3, -0.25) is 0 Å². The zero-order valence-electron chi connectivity index (χ0n) is 17.1. The number of pyridine rings is 1. The van der Waals surface area contributed by atoms with E-state index in [9.17, 15) is 4.79 Å². The summed E-state index contributed by atoms with van der Waals surface area (Å²) in [6.45, 7) is 6.71. The van der Waals surface area contributed by atoms with Crippen LogP contribution in [0.5, 0.6) is 5.75 Å². The van der Waals surface area contributed by atoms with Crippen LogP contribution in [0.1, 0.15) is 27.2 Å². The van der Waals surface area contributed by atoms with Crippen molar-refractivity contribution in [1.29, 1.82) is 0 Å². The molecule has 0 atom stereocenters. The average Bonchev–Trinajstić information content (AvgIpc) is 2.65. The van der Waals surface area contributed by atoms with E-state index in [1.54, 1.807) is 7.11 Å². The summed E-state index contributed by atoms with van der Waals surface area (Å²) in [4.78, 5) is 16.5. The Hall–Kier alpha value is -2.73. The molecule has 0 fully saturated rings. The van der Waals surface area contributed by atoms with E-state index in [1.807, 2.05) is 57.2 Å². The molecular weight excluding hydrogens is 390 g/mol. The van der Waals surface area contributed by atoms with E-state index in [-0.39, 0.29) is 0 Å². The van der Waals surface area contributed by atoms with Gasteiger partial charge < -0.3 is 20.1 Å². The number of nitrogens with zero attached hydrogens (tertiary/aromatic N) is 1. The molecule has 3 aromatic rings. The van der Waals surface area contributed by atoms with E-state index in [2.05, 4.69) is 10.6 Å². The molecule has 0 saturated carbocycles. The number of ether oxygens (including phenoxy) is 2. The molecule has 6 nitrogen and oxygen atoms in total. The first-order valence-corrected chi connectivity index (χ1v) is 9.92. The molecule has 3 rings (SSSR count). The molecule has 2 N–H and O–H groups in total. The number of rotatable bonds is 6. The summed E-state index contributed by atoms with van der Waals surface area (Å²) in [5, 5.41) is 8.86. The van der Waals surface area contributed by atoms with Crippen molar-refractivity contribution in [3.8, 4) is 5.75 Å². The number of alkyl carbamates (subject to hydrolysis) is 1. The van der Waals surface area contributed by atoms with E-state index in [1.165, 1.54) is 0 Å². The molecule has 0 aliphatic rings. The fraction of sp³-hybridized carbons (Fsp3) is 0.364. The van der Waals surface area contributed by atoms with Crippen LogP contribution in [0.4, 0.5) is 10.5 Å². The first-order chi connectivity index (χ1) is 13.8. The van der Waals surface area contributed by atoms with Crippen molar-refractivity contribution in [3.63, 3.8) is 0 Å². The number of benzene rings is 2. The minimum atomic E-state index is -0.502. The highest BCUT2D eigenvalue weighted by Gasteiger charge is 2.15. The van der Waals surface area contributed by atoms with Gasteiger partial charge >= 0.3 is 6.09 Å². The van der Waals surface area contributed by atoms with E-state index in [0.717, 1.165) is 39.7 Å². The number of fused-ring (bicyclic) bond motifs is 2. The van der Waals surface area contributed by atoms with E-state index in [0.29, 0.717) is 18.1 Å². The maximum atomic E-state index is 11.8. The topological polar surface area (TPSA) is 72.5 Å². The van der Waals surface area contributed by atoms with Crippen molar-refractivity contribution in [2.45, 2.75) is 32.8 Å². The normalized spacial score (nSPS) is 11.5. The molecule has 0 aliphatic carbocycles. The standard InChI is InChI=1S/C22H26ClN3O3/c1-22(2,3)29-21(27)25-11-5-10-24-20-16-8-6-14(23)12-19(16)26-18-9-7-15(28-4)13-17(18)20/h6-9,12-13H,5,10-11H2,1-4H3,(H,24,26)(H,25,27). The molecule has 0 bridgehead atoms. The summed E-state index contributed by atoms with van der Waals surface area (Å²) >= 11 is 6.16. The summed E-state index contributed by atoms with van der Waals surface area (Å²) in [6, 6.07) is 11.5. The van der Waals surface area contributed by atoms with Gasteiger partial charge in [0.1, 0.15) is 11.4 Å². The molecular formula is C22H26ClN3O3. The zero-order chi connectivity index (χ0) is 21.0. The second-order valence-electron chi connectivity index (χ2n) is 7.74. The van der Waals surface area contributed by atoms with Crippen LogP contribution in [-0.4, -0.2) is 36.9 Å². The lowest BCUT2D eigenvalue weighted by Crippen LogP contribution is -2.33. The quantitative estimate of drug-likeness (QED) is 0.418. The molecule has 0 radical (unpaired) electrons. The van der Waals surface area contributed by atoms with Crippen LogP contribution in [0.2, 0.25) is 5.02 Å². The number of halogens is 1. The van der Waals surface area contributed by atoms with Crippen LogP contribution in [0.3, 0.4) is 0 Å². The van der Waals surface area contributed by atoms with Gasteiger partial charge in [0.25, 0.3) is 0 Å². The van der Waals surface area contributed by atoms with Gasteiger partial charge in [-0.05, 0) is 63.6 Å². The largest absolute Gasteiger partial charge is 0.497 e. The number of methoxy groups -OCH3 is 1. The minimum absolute atomic E-state index is 0.406. The second-order valence-corrected chi connectivity index (χ2v) is 8.18. The van der Waals surface area contributed by atoms with E-state index >= 15 is 0 Å². The first kappa shape index (κ1) is 21.0. The summed E-state index contributed by atoms with van der Waals surface area (Å²) < 4.78 is 10.6. The lowest BCUT2D eigenvalue weighted by atomic mass is 10.1. The summed E-state index contributed by atoms with van der Waals surface area (Å²) in [6.07, 6.45) is 0.332. The fourth-order valence-electron chi connectivity index (χ4n) is 3.02. The highest BCUT2D eigenvalue weighted by molar-refractivity contribution is 6.31. The number of amides is 1. The Morgan fingerprint density at radius 3 is 2.59 bits per heavy atom. The smallest absolute Gasteiger partial charge is 0.407 e. The van der Waals surface area contributed by atoms with Crippen LogP contribution in [0.15, 0.2) is 36.4 Å². The van der Waals surface area contributed by atoms with Gasteiger partial charge in [-0.25, -0.2) is 9.78 Å². The molecule has 0 saturated heterocycles. The van der Waals surface area contributed by atoms with Crippen molar-refractivity contribution in [1.82, 2.24) is 10.3 Å². The number of carbonyl (C=O) groups is 1. The molecule has 0 spiro atoms. The van der Waals surface area contributed by atoms with Crippen molar-refractivity contribution < 1.29 is 14.3 Å². The maximum absolute atomic E-state index is 11.8. The van der Waals surface area contributed by atoms with Crippen LogP contribution in [-0.2, 0) is 4.74 Å². The molecule has 154 valence electrons. The zero-order valence-corrected chi connectivity index (χ0v) is 17.9. The molecule has 2 aromatic carbocycles. The molecule has 0 unspecified atom stereocenters. The Morgan fingerprint density at radius 1 is 1.07 bits per heavy atom. The maximum Gasteiger partial charge on any atom is 0.407 e. The Morgan fingerprint density at radius 2 is 1.86 bits per heavy atom.